The molecule has 7 nitrogen and oxygen atoms in total. The number of sulfone groups is 1. The smallest absolute Gasteiger partial charge is 0.273 e. The van der Waals surface area contributed by atoms with Gasteiger partial charge < -0.3 is 10.6 Å². The molecule has 19 heavy (non-hydrogen) atoms. The molecule has 0 aliphatic heterocycles. The van der Waals surface area contributed by atoms with Crippen molar-refractivity contribution in [1.29, 1.82) is 0 Å². The van der Waals surface area contributed by atoms with Gasteiger partial charge in [-0.1, -0.05) is 0 Å². The fraction of sp³-hybridized carbons (Fsp3) is 0.455. The van der Waals surface area contributed by atoms with E-state index in [2.05, 4.69) is 10.6 Å². The number of benzene rings is 1. The van der Waals surface area contributed by atoms with Gasteiger partial charge in [0.25, 0.3) is 5.69 Å². The molecule has 1 aromatic carbocycles. The summed E-state index contributed by atoms with van der Waals surface area (Å²) in [6.45, 7) is 2.74. The zero-order chi connectivity index (χ0) is 14.5. The first kappa shape index (κ1) is 15.2. The van der Waals surface area contributed by atoms with E-state index in [-0.39, 0.29) is 18.0 Å². The van der Waals surface area contributed by atoms with Crippen LogP contribution in [0.3, 0.4) is 0 Å². The number of nitro benzene ring substituents is 1. The standard InChI is InChI=1S/C11H17N3O4S/c1-3-12-9-6-10(8-11(7-9)14(15)16)13-4-5-19(2,17)18/h6-8,12-13H,3-5H2,1-2H3. The molecule has 1 aromatic rings. The minimum absolute atomic E-state index is 0.0216. The van der Waals surface area contributed by atoms with Crippen LogP contribution in [0, 0.1) is 10.1 Å². The van der Waals surface area contributed by atoms with Crippen molar-refractivity contribution in [1.82, 2.24) is 0 Å². The summed E-state index contributed by atoms with van der Waals surface area (Å²) < 4.78 is 22.0. The average Bonchev–Trinajstić information content (AvgIpc) is 2.27. The van der Waals surface area contributed by atoms with Crippen molar-refractivity contribution in [3.63, 3.8) is 0 Å². The topological polar surface area (TPSA) is 101 Å². The lowest BCUT2D eigenvalue weighted by molar-refractivity contribution is -0.384. The van der Waals surface area contributed by atoms with Gasteiger partial charge in [0.15, 0.2) is 0 Å². The number of nitrogens with one attached hydrogen (secondary N) is 2. The second-order valence-electron chi connectivity index (χ2n) is 4.11. The first-order valence-electron chi connectivity index (χ1n) is 5.77. The van der Waals surface area contributed by atoms with Gasteiger partial charge in [-0.2, -0.15) is 0 Å². The lowest BCUT2D eigenvalue weighted by atomic mass is 10.2. The Bertz CT molecular complexity index is 557. The third-order valence-electron chi connectivity index (χ3n) is 2.31. The van der Waals surface area contributed by atoms with Gasteiger partial charge in [0.05, 0.1) is 10.7 Å². The highest BCUT2D eigenvalue weighted by molar-refractivity contribution is 7.90. The Morgan fingerprint density at radius 2 is 1.79 bits per heavy atom. The quantitative estimate of drug-likeness (QED) is 0.582. The molecule has 0 bridgehead atoms. The zero-order valence-corrected chi connectivity index (χ0v) is 11.7. The van der Waals surface area contributed by atoms with E-state index in [0.717, 1.165) is 6.26 Å². The van der Waals surface area contributed by atoms with E-state index < -0.39 is 14.8 Å². The van der Waals surface area contributed by atoms with Gasteiger partial charge in [0.2, 0.25) is 0 Å². The van der Waals surface area contributed by atoms with Gasteiger partial charge in [0, 0.05) is 42.9 Å². The SMILES string of the molecule is CCNc1cc(NCCS(C)(=O)=O)cc([N+](=O)[O-])c1. The molecule has 0 aliphatic rings. The van der Waals surface area contributed by atoms with Crippen molar-refractivity contribution in [3.05, 3.63) is 28.3 Å². The Morgan fingerprint density at radius 1 is 1.21 bits per heavy atom. The molecular formula is C11H17N3O4S. The van der Waals surface area contributed by atoms with Crippen LogP contribution in [-0.2, 0) is 9.84 Å². The van der Waals surface area contributed by atoms with E-state index in [1.54, 1.807) is 6.07 Å². The molecule has 0 amide bonds. The third-order valence-corrected chi connectivity index (χ3v) is 3.26. The normalized spacial score (nSPS) is 11.1. The molecule has 0 heterocycles. The maximum atomic E-state index is 11.0. The van der Waals surface area contributed by atoms with Crippen molar-refractivity contribution in [2.45, 2.75) is 6.92 Å². The van der Waals surface area contributed by atoms with Gasteiger partial charge >= 0.3 is 0 Å². The van der Waals surface area contributed by atoms with Crippen LogP contribution in [0.25, 0.3) is 0 Å². The summed E-state index contributed by atoms with van der Waals surface area (Å²) in [7, 11) is -3.05. The Hall–Kier alpha value is -1.83. The number of anilines is 2. The van der Waals surface area contributed by atoms with Crippen LogP contribution in [0.1, 0.15) is 6.92 Å². The van der Waals surface area contributed by atoms with Gasteiger partial charge in [-0.15, -0.1) is 0 Å². The van der Waals surface area contributed by atoms with E-state index in [0.29, 0.717) is 17.9 Å². The highest BCUT2D eigenvalue weighted by atomic mass is 32.2. The Morgan fingerprint density at radius 3 is 2.26 bits per heavy atom. The fourth-order valence-electron chi connectivity index (χ4n) is 1.51. The van der Waals surface area contributed by atoms with Crippen molar-refractivity contribution in [2.24, 2.45) is 0 Å². The van der Waals surface area contributed by atoms with Crippen LogP contribution in [0.15, 0.2) is 18.2 Å². The van der Waals surface area contributed by atoms with Crippen molar-refractivity contribution in [2.75, 3.05) is 35.7 Å². The molecule has 106 valence electrons. The van der Waals surface area contributed by atoms with Crippen LogP contribution in [-0.4, -0.2) is 38.4 Å². The maximum absolute atomic E-state index is 11.0. The van der Waals surface area contributed by atoms with Gasteiger partial charge in [-0.05, 0) is 13.0 Å². The highest BCUT2D eigenvalue weighted by Gasteiger charge is 2.10. The third kappa shape index (κ3) is 5.56. The van der Waals surface area contributed by atoms with E-state index in [4.69, 9.17) is 0 Å². The number of hydrogen-bond acceptors (Lipinski definition) is 6. The van der Waals surface area contributed by atoms with Crippen molar-refractivity contribution < 1.29 is 13.3 Å². The molecular weight excluding hydrogens is 270 g/mol. The predicted octanol–water partition coefficient (Wildman–Crippen LogP) is 1.48. The van der Waals surface area contributed by atoms with Crippen LogP contribution in [0.4, 0.5) is 17.1 Å². The molecule has 0 atom stereocenters. The highest BCUT2D eigenvalue weighted by Crippen LogP contribution is 2.24. The van der Waals surface area contributed by atoms with E-state index in [9.17, 15) is 18.5 Å². The second kappa shape index (κ2) is 6.37. The fourth-order valence-corrected chi connectivity index (χ4v) is 1.98. The molecule has 0 aromatic heterocycles. The largest absolute Gasteiger partial charge is 0.385 e. The lowest BCUT2D eigenvalue weighted by Gasteiger charge is -2.09. The van der Waals surface area contributed by atoms with Crippen LogP contribution >= 0.6 is 0 Å². The predicted molar refractivity (Wildman–Crippen MR) is 75.5 cm³/mol. The van der Waals surface area contributed by atoms with Crippen molar-refractivity contribution >= 4 is 26.9 Å². The molecule has 0 radical (unpaired) electrons. The number of non-ortho nitro benzene ring substituents is 1. The summed E-state index contributed by atoms with van der Waals surface area (Å²) in [6, 6.07) is 4.52. The van der Waals surface area contributed by atoms with E-state index >= 15 is 0 Å². The number of nitrogens with zero attached hydrogens (tertiary/aromatic N) is 1. The summed E-state index contributed by atoms with van der Waals surface area (Å²) in [5, 5.41) is 16.7. The number of rotatable bonds is 7. The second-order valence-corrected chi connectivity index (χ2v) is 6.37. The summed E-state index contributed by atoms with van der Waals surface area (Å²) in [6.07, 6.45) is 1.15. The molecule has 2 N–H and O–H groups in total. The molecule has 1 rings (SSSR count). The summed E-state index contributed by atoms with van der Waals surface area (Å²) in [5.74, 6) is -0.0216. The summed E-state index contributed by atoms with van der Waals surface area (Å²) >= 11 is 0. The Labute approximate surface area is 112 Å². The molecule has 0 spiro atoms. The Balaban J connectivity index is 2.84. The first-order chi connectivity index (χ1) is 8.81. The average molecular weight is 287 g/mol. The number of nitro groups is 1. The summed E-state index contributed by atoms with van der Waals surface area (Å²) in [5.41, 5.74) is 1.10. The van der Waals surface area contributed by atoms with Gasteiger partial charge in [-0.25, -0.2) is 8.42 Å². The van der Waals surface area contributed by atoms with E-state index in [1.807, 2.05) is 6.92 Å². The van der Waals surface area contributed by atoms with Crippen LogP contribution in [0.5, 0.6) is 0 Å². The molecule has 0 unspecified atom stereocenters. The molecule has 0 saturated heterocycles. The minimum atomic E-state index is -3.05. The number of hydrogen-bond donors (Lipinski definition) is 2. The zero-order valence-electron chi connectivity index (χ0n) is 10.8. The van der Waals surface area contributed by atoms with Crippen LogP contribution in [0.2, 0.25) is 0 Å². The van der Waals surface area contributed by atoms with Gasteiger partial charge in [0.1, 0.15) is 9.84 Å². The Kier molecular flexibility index (Phi) is 5.11. The van der Waals surface area contributed by atoms with Crippen LogP contribution < -0.4 is 10.6 Å². The molecule has 0 saturated carbocycles. The first-order valence-corrected chi connectivity index (χ1v) is 7.83. The minimum Gasteiger partial charge on any atom is -0.385 e. The maximum Gasteiger partial charge on any atom is 0.273 e. The molecule has 8 heteroatoms. The van der Waals surface area contributed by atoms with Crippen molar-refractivity contribution in [3.8, 4) is 0 Å². The molecule has 0 fully saturated rings. The van der Waals surface area contributed by atoms with E-state index in [1.165, 1.54) is 12.1 Å². The molecule has 0 aliphatic carbocycles. The summed E-state index contributed by atoms with van der Waals surface area (Å²) in [4.78, 5) is 10.3. The van der Waals surface area contributed by atoms with Gasteiger partial charge in [-0.3, -0.25) is 10.1 Å². The monoisotopic (exact) mass is 287 g/mol. The lowest BCUT2D eigenvalue weighted by Crippen LogP contribution is -2.14.